The molecule has 0 radical (unpaired) electrons. The van der Waals surface area contributed by atoms with Gasteiger partial charge in [0.25, 0.3) is 0 Å². The van der Waals surface area contributed by atoms with Crippen LogP contribution in [0.1, 0.15) is 44.2 Å². The molecule has 1 fully saturated rings. The van der Waals surface area contributed by atoms with Crippen LogP contribution in [-0.2, 0) is 4.79 Å². The van der Waals surface area contributed by atoms with Gasteiger partial charge in [0.15, 0.2) is 0 Å². The van der Waals surface area contributed by atoms with Crippen molar-refractivity contribution in [2.75, 3.05) is 5.32 Å². The van der Waals surface area contributed by atoms with E-state index >= 15 is 0 Å². The number of amides is 1. The van der Waals surface area contributed by atoms with Crippen LogP contribution < -0.4 is 10.6 Å². The van der Waals surface area contributed by atoms with Crippen molar-refractivity contribution in [2.24, 2.45) is 5.92 Å². The number of hydrogen-bond donors (Lipinski definition) is 2. The summed E-state index contributed by atoms with van der Waals surface area (Å²) >= 11 is 3.48. The van der Waals surface area contributed by atoms with Crippen molar-refractivity contribution in [3.63, 3.8) is 0 Å². The van der Waals surface area contributed by atoms with Crippen LogP contribution in [0.2, 0.25) is 0 Å². The summed E-state index contributed by atoms with van der Waals surface area (Å²) in [6.07, 6.45) is 4.87. The molecule has 1 amide bonds. The van der Waals surface area contributed by atoms with Crippen LogP contribution >= 0.6 is 15.9 Å². The molecule has 1 aromatic rings. The number of fused-ring (bicyclic) bond motifs is 1. The van der Waals surface area contributed by atoms with Crippen LogP contribution in [0.4, 0.5) is 5.69 Å². The highest BCUT2D eigenvalue weighted by Gasteiger charge is 2.32. The molecule has 1 aromatic carbocycles. The van der Waals surface area contributed by atoms with E-state index in [-0.39, 0.29) is 11.9 Å². The normalized spacial score (nSPS) is 30.0. The van der Waals surface area contributed by atoms with E-state index in [0.29, 0.717) is 6.04 Å². The topological polar surface area (TPSA) is 41.1 Å². The fourth-order valence-electron chi connectivity index (χ4n) is 3.06. The molecular formula is C15H19BrN2O. The SMILES string of the molecule is CC1CCC(NC2C(=O)Nc3ccc(Br)cc32)CC1. The fourth-order valence-corrected chi connectivity index (χ4v) is 3.44. The average Bonchev–Trinajstić information content (AvgIpc) is 2.69. The van der Waals surface area contributed by atoms with Gasteiger partial charge in [0.1, 0.15) is 6.04 Å². The summed E-state index contributed by atoms with van der Waals surface area (Å²) in [5, 5.41) is 6.49. The van der Waals surface area contributed by atoms with Crippen LogP contribution in [0.15, 0.2) is 22.7 Å². The van der Waals surface area contributed by atoms with Crippen molar-refractivity contribution in [1.82, 2.24) is 5.32 Å². The van der Waals surface area contributed by atoms with Gasteiger partial charge in [0.05, 0.1) is 0 Å². The first kappa shape index (κ1) is 13.1. The number of carbonyl (C=O) groups excluding carboxylic acids is 1. The minimum atomic E-state index is -0.189. The van der Waals surface area contributed by atoms with E-state index in [4.69, 9.17) is 0 Å². The maximum absolute atomic E-state index is 12.1. The molecular weight excluding hydrogens is 304 g/mol. The summed E-state index contributed by atoms with van der Waals surface area (Å²) < 4.78 is 1.02. The smallest absolute Gasteiger partial charge is 0.246 e. The van der Waals surface area contributed by atoms with E-state index < -0.39 is 0 Å². The van der Waals surface area contributed by atoms with Gasteiger partial charge in [-0.2, -0.15) is 0 Å². The highest BCUT2D eigenvalue weighted by molar-refractivity contribution is 9.10. The molecule has 3 nitrogen and oxygen atoms in total. The van der Waals surface area contributed by atoms with Crippen molar-refractivity contribution in [3.05, 3.63) is 28.2 Å². The molecule has 19 heavy (non-hydrogen) atoms. The Hall–Kier alpha value is -0.870. The Bertz CT molecular complexity index is 495. The maximum atomic E-state index is 12.1. The lowest BCUT2D eigenvalue weighted by Gasteiger charge is -2.29. The molecule has 1 aliphatic carbocycles. The molecule has 1 saturated carbocycles. The van der Waals surface area contributed by atoms with Crippen molar-refractivity contribution in [3.8, 4) is 0 Å². The molecule has 1 heterocycles. The van der Waals surface area contributed by atoms with Crippen LogP contribution in [0, 0.1) is 5.92 Å². The van der Waals surface area contributed by atoms with E-state index in [1.54, 1.807) is 0 Å². The first-order valence-corrected chi connectivity index (χ1v) is 7.79. The minimum Gasteiger partial charge on any atom is -0.324 e. The number of nitrogens with one attached hydrogen (secondary N) is 2. The standard InChI is InChI=1S/C15H19BrN2O/c1-9-2-5-11(6-3-9)17-14-12-8-10(16)4-7-13(12)18-15(14)19/h4,7-9,11,14,17H,2-3,5-6H2,1H3,(H,18,19). The van der Waals surface area contributed by atoms with Gasteiger partial charge in [-0.25, -0.2) is 0 Å². The molecule has 102 valence electrons. The second-order valence-corrected chi connectivity index (χ2v) is 6.69. The zero-order chi connectivity index (χ0) is 13.4. The van der Waals surface area contributed by atoms with Gasteiger partial charge >= 0.3 is 0 Å². The monoisotopic (exact) mass is 322 g/mol. The number of anilines is 1. The fraction of sp³-hybridized carbons (Fsp3) is 0.533. The van der Waals surface area contributed by atoms with Crippen molar-refractivity contribution in [2.45, 2.75) is 44.7 Å². The molecule has 4 heteroatoms. The predicted molar refractivity (Wildman–Crippen MR) is 80.1 cm³/mol. The van der Waals surface area contributed by atoms with Crippen LogP contribution in [0.3, 0.4) is 0 Å². The van der Waals surface area contributed by atoms with Gasteiger partial charge in [-0.15, -0.1) is 0 Å². The van der Waals surface area contributed by atoms with E-state index in [0.717, 1.165) is 21.6 Å². The second-order valence-electron chi connectivity index (χ2n) is 5.78. The summed E-state index contributed by atoms with van der Waals surface area (Å²) in [6, 6.07) is 6.24. The summed E-state index contributed by atoms with van der Waals surface area (Å²) in [4.78, 5) is 12.1. The lowest BCUT2D eigenvalue weighted by Crippen LogP contribution is -2.38. The Balaban J connectivity index is 1.75. The lowest BCUT2D eigenvalue weighted by molar-refractivity contribution is -0.117. The van der Waals surface area contributed by atoms with Gasteiger partial charge in [-0.3, -0.25) is 10.1 Å². The molecule has 2 aliphatic rings. The van der Waals surface area contributed by atoms with Crippen molar-refractivity contribution in [1.29, 1.82) is 0 Å². The van der Waals surface area contributed by atoms with Gasteiger partial charge in [-0.1, -0.05) is 22.9 Å². The van der Waals surface area contributed by atoms with Crippen LogP contribution in [-0.4, -0.2) is 11.9 Å². The third-order valence-electron chi connectivity index (χ3n) is 4.26. The summed E-state index contributed by atoms with van der Waals surface area (Å²) in [5.41, 5.74) is 2.01. The number of halogens is 1. The highest BCUT2D eigenvalue weighted by Crippen LogP contribution is 2.34. The molecule has 0 aromatic heterocycles. The lowest BCUT2D eigenvalue weighted by atomic mass is 9.87. The second kappa shape index (κ2) is 5.25. The zero-order valence-corrected chi connectivity index (χ0v) is 12.7. The molecule has 1 atom stereocenters. The van der Waals surface area contributed by atoms with Crippen molar-refractivity contribution >= 4 is 27.5 Å². The van der Waals surface area contributed by atoms with E-state index in [2.05, 4.69) is 33.5 Å². The van der Waals surface area contributed by atoms with Gasteiger partial charge in [-0.05, 0) is 49.8 Å². The molecule has 0 bridgehead atoms. The minimum absolute atomic E-state index is 0.0757. The number of hydrogen-bond acceptors (Lipinski definition) is 2. The highest BCUT2D eigenvalue weighted by atomic mass is 79.9. The first-order chi connectivity index (χ1) is 9.13. The van der Waals surface area contributed by atoms with Gasteiger partial charge < -0.3 is 5.32 Å². The maximum Gasteiger partial charge on any atom is 0.246 e. The van der Waals surface area contributed by atoms with Gasteiger partial charge in [0, 0.05) is 21.8 Å². The molecule has 3 rings (SSSR count). The van der Waals surface area contributed by atoms with Crippen LogP contribution in [0.25, 0.3) is 0 Å². The van der Waals surface area contributed by atoms with Crippen LogP contribution in [0.5, 0.6) is 0 Å². The molecule has 0 spiro atoms. The summed E-state index contributed by atoms with van der Waals surface area (Å²) in [7, 11) is 0. The third-order valence-corrected chi connectivity index (χ3v) is 4.76. The summed E-state index contributed by atoms with van der Waals surface area (Å²) in [5.74, 6) is 0.906. The van der Waals surface area contributed by atoms with E-state index in [9.17, 15) is 4.79 Å². The zero-order valence-electron chi connectivity index (χ0n) is 11.1. The largest absolute Gasteiger partial charge is 0.324 e. The number of carbonyl (C=O) groups is 1. The molecule has 2 N–H and O–H groups in total. The average molecular weight is 323 g/mol. The Morgan fingerprint density at radius 2 is 2.00 bits per heavy atom. The quantitative estimate of drug-likeness (QED) is 0.873. The number of rotatable bonds is 2. The molecule has 0 saturated heterocycles. The summed E-state index contributed by atoms with van der Waals surface area (Å²) in [6.45, 7) is 2.31. The van der Waals surface area contributed by atoms with E-state index in [1.165, 1.54) is 25.7 Å². The molecule has 1 unspecified atom stereocenters. The molecule has 1 aliphatic heterocycles. The van der Waals surface area contributed by atoms with Crippen molar-refractivity contribution < 1.29 is 4.79 Å². The number of benzene rings is 1. The Morgan fingerprint density at radius 1 is 1.26 bits per heavy atom. The first-order valence-electron chi connectivity index (χ1n) is 7.00. The van der Waals surface area contributed by atoms with Gasteiger partial charge in [0.2, 0.25) is 5.91 Å². The predicted octanol–water partition coefficient (Wildman–Crippen LogP) is 3.61. The Kier molecular flexibility index (Phi) is 3.63. The Labute approximate surface area is 122 Å². The Morgan fingerprint density at radius 3 is 2.74 bits per heavy atom. The third kappa shape index (κ3) is 2.70. The van der Waals surface area contributed by atoms with E-state index in [1.807, 2.05) is 18.2 Å².